The average Bonchev–Trinajstić information content (AvgIpc) is 2.25. The minimum atomic E-state index is -0.0172. The number of amides is 1. The van der Waals surface area contributed by atoms with Crippen LogP contribution < -0.4 is 11.1 Å². The second-order valence-corrected chi connectivity index (χ2v) is 4.60. The smallest absolute Gasteiger partial charge is 0.224 e. The number of rotatable bonds is 5. The molecule has 0 saturated carbocycles. The Labute approximate surface area is 108 Å². The molecule has 0 fully saturated rings. The van der Waals surface area contributed by atoms with Gasteiger partial charge in [0.05, 0.1) is 15.2 Å². The lowest BCUT2D eigenvalue weighted by Gasteiger charge is -2.07. The van der Waals surface area contributed by atoms with Crippen molar-refractivity contribution in [2.24, 2.45) is 5.73 Å². The van der Waals surface area contributed by atoms with Crippen molar-refractivity contribution in [3.05, 3.63) is 27.7 Å². The summed E-state index contributed by atoms with van der Waals surface area (Å²) in [4.78, 5) is 11.5. The Morgan fingerprint density at radius 2 is 2.19 bits per heavy atom. The van der Waals surface area contributed by atoms with Crippen molar-refractivity contribution in [1.82, 2.24) is 0 Å². The number of carbonyl (C=O) groups excluding carboxylic acids is 1. The van der Waals surface area contributed by atoms with Crippen molar-refractivity contribution in [2.75, 3.05) is 11.9 Å². The van der Waals surface area contributed by atoms with Crippen molar-refractivity contribution in [2.45, 2.75) is 19.3 Å². The van der Waals surface area contributed by atoms with Gasteiger partial charge in [0.25, 0.3) is 0 Å². The lowest BCUT2D eigenvalue weighted by molar-refractivity contribution is -0.116. The van der Waals surface area contributed by atoms with Gasteiger partial charge in [-0.15, -0.1) is 0 Å². The van der Waals surface area contributed by atoms with Gasteiger partial charge in [-0.1, -0.05) is 17.7 Å². The molecule has 1 aromatic rings. The van der Waals surface area contributed by atoms with Crippen molar-refractivity contribution in [3.8, 4) is 0 Å². The van der Waals surface area contributed by atoms with Gasteiger partial charge in [0.15, 0.2) is 0 Å². The zero-order valence-corrected chi connectivity index (χ0v) is 11.1. The fraction of sp³-hybridized carbons (Fsp3) is 0.364. The van der Waals surface area contributed by atoms with E-state index in [1.54, 1.807) is 18.2 Å². The average molecular weight is 306 g/mol. The van der Waals surface area contributed by atoms with Gasteiger partial charge in [0.2, 0.25) is 5.91 Å². The summed E-state index contributed by atoms with van der Waals surface area (Å²) < 4.78 is 0.712. The van der Waals surface area contributed by atoms with E-state index < -0.39 is 0 Å². The predicted molar refractivity (Wildman–Crippen MR) is 70.7 cm³/mol. The van der Waals surface area contributed by atoms with Crippen molar-refractivity contribution >= 4 is 39.1 Å². The van der Waals surface area contributed by atoms with Crippen molar-refractivity contribution in [1.29, 1.82) is 0 Å². The number of hydrogen-bond acceptors (Lipinski definition) is 2. The standard InChI is InChI=1S/C11H14BrClN2O/c12-11-8(13)4-3-5-9(11)15-10(16)6-1-2-7-14/h3-5H,1-2,6-7,14H2,(H,15,16). The molecule has 1 aromatic carbocycles. The third-order valence-corrected chi connectivity index (χ3v) is 3.48. The molecule has 88 valence electrons. The first-order valence-electron chi connectivity index (χ1n) is 5.09. The first-order valence-corrected chi connectivity index (χ1v) is 6.26. The molecule has 0 heterocycles. The lowest BCUT2D eigenvalue weighted by atomic mass is 10.2. The van der Waals surface area contributed by atoms with E-state index in [0.717, 1.165) is 12.8 Å². The van der Waals surface area contributed by atoms with E-state index in [0.29, 0.717) is 28.1 Å². The van der Waals surface area contributed by atoms with Crippen LogP contribution in [0.1, 0.15) is 19.3 Å². The summed E-state index contributed by atoms with van der Waals surface area (Å²) in [7, 11) is 0. The van der Waals surface area contributed by atoms with E-state index in [2.05, 4.69) is 21.2 Å². The minimum Gasteiger partial charge on any atom is -0.330 e. The van der Waals surface area contributed by atoms with Crippen LogP contribution in [0.2, 0.25) is 5.02 Å². The zero-order chi connectivity index (χ0) is 12.0. The summed E-state index contributed by atoms with van der Waals surface area (Å²) >= 11 is 9.23. The number of anilines is 1. The summed E-state index contributed by atoms with van der Waals surface area (Å²) in [5.41, 5.74) is 6.05. The van der Waals surface area contributed by atoms with E-state index in [1.165, 1.54) is 0 Å². The fourth-order valence-corrected chi connectivity index (χ4v) is 1.78. The highest BCUT2D eigenvalue weighted by Gasteiger charge is 2.07. The minimum absolute atomic E-state index is 0.0172. The fourth-order valence-electron chi connectivity index (χ4n) is 1.24. The Kier molecular flexibility index (Phi) is 5.80. The molecule has 0 saturated heterocycles. The van der Waals surface area contributed by atoms with Crippen LogP contribution >= 0.6 is 27.5 Å². The van der Waals surface area contributed by atoms with Gasteiger partial charge in [-0.25, -0.2) is 0 Å². The number of halogens is 2. The number of carbonyl (C=O) groups is 1. The van der Waals surface area contributed by atoms with E-state index in [1.807, 2.05) is 0 Å². The number of nitrogens with two attached hydrogens (primary N) is 1. The Morgan fingerprint density at radius 1 is 1.44 bits per heavy atom. The summed E-state index contributed by atoms with van der Waals surface area (Å²) in [5, 5.41) is 3.38. The van der Waals surface area contributed by atoms with E-state index in [9.17, 15) is 4.79 Å². The van der Waals surface area contributed by atoms with Gasteiger partial charge < -0.3 is 11.1 Å². The molecule has 0 aliphatic carbocycles. The van der Waals surface area contributed by atoms with Crippen LogP contribution in [0.4, 0.5) is 5.69 Å². The van der Waals surface area contributed by atoms with Gasteiger partial charge in [0, 0.05) is 6.42 Å². The van der Waals surface area contributed by atoms with Crippen LogP contribution in [0, 0.1) is 0 Å². The van der Waals surface area contributed by atoms with E-state index >= 15 is 0 Å². The maximum Gasteiger partial charge on any atom is 0.224 e. The molecule has 0 unspecified atom stereocenters. The first-order chi connectivity index (χ1) is 7.65. The van der Waals surface area contributed by atoms with Crippen LogP contribution in [0.15, 0.2) is 22.7 Å². The normalized spacial score (nSPS) is 10.2. The number of unbranched alkanes of at least 4 members (excludes halogenated alkanes) is 1. The van der Waals surface area contributed by atoms with Crippen LogP contribution in [-0.4, -0.2) is 12.5 Å². The highest BCUT2D eigenvalue weighted by atomic mass is 79.9. The molecule has 0 bridgehead atoms. The summed E-state index contributed by atoms with van der Waals surface area (Å²) in [6.07, 6.45) is 2.15. The molecule has 1 amide bonds. The predicted octanol–water partition coefficient (Wildman–Crippen LogP) is 3.17. The number of benzene rings is 1. The zero-order valence-electron chi connectivity index (χ0n) is 8.80. The Hall–Kier alpha value is -0.580. The molecule has 0 aliphatic heterocycles. The largest absolute Gasteiger partial charge is 0.330 e. The summed E-state index contributed by atoms with van der Waals surface area (Å²) in [5.74, 6) is -0.0172. The maximum atomic E-state index is 11.5. The van der Waals surface area contributed by atoms with E-state index in [-0.39, 0.29) is 5.91 Å². The Morgan fingerprint density at radius 3 is 2.88 bits per heavy atom. The van der Waals surface area contributed by atoms with Crippen LogP contribution in [0.25, 0.3) is 0 Å². The topological polar surface area (TPSA) is 55.1 Å². The molecule has 0 radical (unpaired) electrons. The third kappa shape index (κ3) is 4.12. The highest BCUT2D eigenvalue weighted by molar-refractivity contribution is 9.10. The second-order valence-electron chi connectivity index (χ2n) is 3.40. The van der Waals surface area contributed by atoms with Crippen LogP contribution in [0.3, 0.4) is 0 Å². The second kappa shape index (κ2) is 6.89. The molecule has 3 N–H and O–H groups in total. The van der Waals surface area contributed by atoms with Crippen LogP contribution in [-0.2, 0) is 4.79 Å². The quantitative estimate of drug-likeness (QED) is 0.821. The highest BCUT2D eigenvalue weighted by Crippen LogP contribution is 2.30. The molecule has 0 atom stereocenters. The lowest BCUT2D eigenvalue weighted by Crippen LogP contribution is -2.12. The first kappa shape index (κ1) is 13.5. The molecule has 0 spiro atoms. The van der Waals surface area contributed by atoms with Gasteiger partial charge in [0.1, 0.15) is 0 Å². The Balaban J connectivity index is 2.53. The summed E-state index contributed by atoms with van der Waals surface area (Å²) in [6, 6.07) is 5.36. The van der Waals surface area contributed by atoms with Crippen molar-refractivity contribution in [3.63, 3.8) is 0 Å². The third-order valence-electron chi connectivity index (χ3n) is 2.08. The van der Waals surface area contributed by atoms with Gasteiger partial charge in [-0.2, -0.15) is 0 Å². The number of nitrogens with one attached hydrogen (secondary N) is 1. The summed E-state index contributed by atoms with van der Waals surface area (Å²) in [6.45, 7) is 0.619. The Bertz CT molecular complexity index is 371. The maximum absolute atomic E-state index is 11.5. The number of hydrogen-bond donors (Lipinski definition) is 2. The van der Waals surface area contributed by atoms with Gasteiger partial charge in [-0.05, 0) is 47.4 Å². The molecule has 0 aromatic heterocycles. The van der Waals surface area contributed by atoms with Crippen LogP contribution in [0.5, 0.6) is 0 Å². The molecular weight excluding hydrogens is 291 g/mol. The van der Waals surface area contributed by atoms with Gasteiger partial charge in [-0.3, -0.25) is 4.79 Å². The SMILES string of the molecule is NCCCCC(=O)Nc1cccc(Cl)c1Br. The molecular formula is C11H14BrClN2O. The molecule has 3 nitrogen and oxygen atoms in total. The molecule has 1 rings (SSSR count). The molecule has 5 heteroatoms. The molecule has 16 heavy (non-hydrogen) atoms. The van der Waals surface area contributed by atoms with E-state index in [4.69, 9.17) is 17.3 Å². The van der Waals surface area contributed by atoms with Gasteiger partial charge >= 0.3 is 0 Å². The molecule has 0 aliphatic rings. The van der Waals surface area contributed by atoms with Crippen molar-refractivity contribution < 1.29 is 4.79 Å². The monoisotopic (exact) mass is 304 g/mol.